The summed E-state index contributed by atoms with van der Waals surface area (Å²) in [6, 6.07) is 5.82. The van der Waals surface area contributed by atoms with Crippen LogP contribution in [0.2, 0.25) is 0 Å². The van der Waals surface area contributed by atoms with Crippen LogP contribution in [0.4, 0.5) is 0 Å². The van der Waals surface area contributed by atoms with Gasteiger partial charge in [0.1, 0.15) is 0 Å². The van der Waals surface area contributed by atoms with Crippen LogP contribution in [0.5, 0.6) is 11.5 Å². The lowest BCUT2D eigenvalue weighted by Gasteiger charge is -2.27. The van der Waals surface area contributed by atoms with Gasteiger partial charge in [0.15, 0.2) is 11.5 Å². The van der Waals surface area contributed by atoms with Gasteiger partial charge in [-0.05, 0) is 30.0 Å². The van der Waals surface area contributed by atoms with E-state index >= 15 is 0 Å². The molecule has 3 rings (SSSR count). The van der Waals surface area contributed by atoms with Crippen molar-refractivity contribution in [2.24, 2.45) is 11.8 Å². The first-order chi connectivity index (χ1) is 9.22. The molecule has 0 aromatic heterocycles. The quantitative estimate of drug-likeness (QED) is 0.908. The van der Waals surface area contributed by atoms with Gasteiger partial charge in [-0.15, -0.1) is 0 Å². The number of fused-ring (bicyclic) bond motifs is 1. The van der Waals surface area contributed by atoms with E-state index < -0.39 is 0 Å². The van der Waals surface area contributed by atoms with Crippen LogP contribution in [0, 0.1) is 11.8 Å². The van der Waals surface area contributed by atoms with E-state index in [1.165, 1.54) is 19.3 Å². The minimum absolute atomic E-state index is 0.375. The van der Waals surface area contributed by atoms with E-state index in [9.17, 15) is 5.11 Å². The summed E-state index contributed by atoms with van der Waals surface area (Å²) in [6.45, 7) is 3.48. The smallest absolute Gasteiger partial charge is 0.161 e. The Labute approximate surface area is 114 Å². The molecule has 1 aliphatic carbocycles. The number of ether oxygens (including phenoxy) is 2. The predicted octanol–water partition coefficient (Wildman–Crippen LogP) is 3.32. The summed E-state index contributed by atoms with van der Waals surface area (Å²) >= 11 is 0. The van der Waals surface area contributed by atoms with E-state index in [0.717, 1.165) is 23.5 Å². The third-order valence-electron chi connectivity index (χ3n) is 4.18. The molecule has 1 aromatic rings. The molecule has 1 saturated carbocycles. The van der Waals surface area contributed by atoms with Gasteiger partial charge < -0.3 is 14.6 Å². The van der Waals surface area contributed by atoms with Gasteiger partial charge in [0.25, 0.3) is 0 Å². The minimum Gasteiger partial charge on any atom is -0.489 e. The van der Waals surface area contributed by atoms with Crippen molar-refractivity contribution in [2.75, 3.05) is 13.2 Å². The molecule has 0 bridgehead atoms. The highest BCUT2D eigenvalue weighted by atomic mass is 16.5. The van der Waals surface area contributed by atoms with Gasteiger partial charge in [-0.2, -0.15) is 0 Å². The Kier molecular flexibility index (Phi) is 3.65. The molecular weight excluding hydrogens is 240 g/mol. The minimum atomic E-state index is -0.375. The monoisotopic (exact) mass is 262 g/mol. The fraction of sp³-hybridized carbons (Fsp3) is 0.625. The zero-order chi connectivity index (χ0) is 13.2. The second kappa shape index (κ2) is 5.41. The van der Waals surface area contributed by atoms with Crippen LogP contribution in [-0.2, 0) is 0 Å². The van der Waals surface area contributed by atoms with Crippen LogP contribution < -0.4 is 9.47 Å². The molecule has 1 aromatic carbocycles. The molecular formula is C16H22O3. The van der Waals surface area contributed by atoms with Crippen LogP contribution in [0.3, 0.4) is 0 Å². The summed E-state index contributed by atoms with van der Waals surface area (Å²) < 4.78 is 11.5. The predicted molar refractivity (Wildman–Crippen MR) is 73.5 cm³/mol. The highest BCUT2D eigenvalue weighted by Crippen LogP contribution is 2.38. The van der Waals surface area contributed by atoms with Crippen molar-refractivity contribution in [1.29, 1.82) is 0 Å². The average Bonchev–Trinajstić information content (AvgIpc) is 2.55. The molecule has 0 amide bonds. The molecule has 1 heterocycles. The van der Waals surface area contributed by atoms with Crippen molar-refractivity contribution in [1.82, 2.24) is 0 Å². The molecule has 1 aliphatic heterocycles. The second-order valence-corrected chi connectivity index (χ2v) is 5.98. The molecule has 3 nitrogen and oxygen atoms in total. The molecule has 3 heteroatoms. The Hall–Kier alpha value is -1.22. The van der Waals surface area contributed by atoms with Gasteiger partial charge in [0, 0.05) is 5.92 Å². The van der Waals surface area contributed by atoms with Gasteiger partial charge in [-0.25, -0.2) is 0 Å². The molecule has 19 heavy (non-hydrogen) atoms. The Bertz CT molecular complexity index is 440. The van der Waals surface area contributed by atoms with E-state index in [1.807, 2.05) is 18.2 Å². The van der Waals surface area contributed by atoms with Crippen LogP contribution in [0.1, 0.15) is 44.3 Å². The van der Waals surface area contributed by atoms with Gasteiger partial charge in [0.2, 0.25) is 0 Å². The Morgan fingerprint density at radius 2 is 1.95 bits per heavy atom. The summed E-state index contributed by atoms with van der Waals surface area (Å²) in [5, 5.41) is 10.3. The molecule has 0 spiro atoms. The van der Waals surface area contributed by atoms with Crippen LogP contribution in [-0.4, -0.2) is 18.3 Å². The number of hydrogen-bond acceptors (Lipinski definition) is 3. The lowest BCUT2D eigenvalue weighted by Crippen LogP contribution is -2.14. The number of benzene rings is 1. The SMILES string of the molecule is CC1COc2ccc(C(O)CC3CCC3)cc2OC1. The lowest BCUT2D eigenvalue weighted by atomic mass is 9.80. The van der Waals surface area contributed by atoms with Crippen LogP contribution in [0.15, 0.2) is 18.2 Å². The largest absolute Gasteiger partial charge is 0.489 e. The van der Waals surface area contributed by atoms with Crippen LogP contribution in [0.25, 0.3) is 0 Å². The molecule has 2 aliphatic rings. The van der Waals surface area contributed by atoms with Crippen molar-refractivity contribution >= 4 is 0 Å². The van der Waals surface area contributed by atoms with Crippen molar-refractivity contribution in [3.8, 4) is 11.5 Å². The summed E-state index contributed by atoms with van der Waals surface area (Å²) in [4.78, 5) is 0. The molecule has 1 fully saturated rings. The first kappa shape index (κ1) is 12.8. The van der Waals surface area contributed by atoms with Gasteiger partial charge in [0.05, 0.1) is 19.3 Å². The van der Waals surface area contributed by atoms with E-state index in [2.05, 4.69) is 6.92 Å². The zero-order valence-electron chi connectivity index (χ0n) is 11.5. The maximum Gasteiger partial charge on any atom is 0.161 e. The summed E-state index contributed by atoms with van der Waals surface area (Å²) in [5.74, 6) is 2.67. The fourth-order valence-electron chi connectivity index (χ4n) is 2.66. The number of aliphatic hydroxyl groups excluding tert-OH is 1. The Morgan fingerprint density at radius 3 is 2.63 bits per heavy atom. The number of aliphatic hydroxyl groups is 1. The highest BCUT2D eigenvalue weighted by molar-refractivity contribution is 5.44. The van der Waals surface area contributed by atoms with Gasteiger partial charge in [-0.1, -0.05) is 32.3 Å². The van der Waals surface area contributed by atoms with E-state index in [4.69, 9.17) is 9.47 Å². The normalized spacial score (nSPS) is 24.4. The summed E-state index contributed by atoms with van der Waals surface area (Å²) in [6.07, 6.45) is 4.34. The van der Waals surface area contributed by atoms with Gasteiger partial charge >= 0.3 is 0 Å². The topological polar surface area (TPSA) is 38.7 Å². The van der Waals surface area contributed by atoms with E-state index in [-0.39, 0.29) is 6.10 Å². The first-order valence-corrected chi connectivity index (χ1v) is 7.30. The maximum atomic E-state index is 10.3. The molecule has 2 atom stereocenters. The average molecular weight is 262 g/mol. The number of rotatable bonds is 3. The maximum absolute atomic E-state index is 10.3. The van der Waals surface area contributed by atoms with E-state index in [1.54, 1.807) is 0 Å². The Morgan fingerprint density at radius 1 is 1.21 bits per heavy atom. The molecule has 104 valence electrons. The summed E-state index contributed by atoms with van der Waals surface area (Å²) in [7, 11) is 0. The Balaban J connectivity index is 1.72. The standard InChI is InChI=1S/C16H22O3/c1-11-9-18-15-6-5-13(8-16(15)19-10-11)14(17)7-12-3-2-4-12/h5-6,8,11-12,14,17H,2-4,7,9-10H2,1H3. The first-order valence-electron chi connectivity index (χ1n) is 7.30. The highest BCUT2D eigenvalue weighted by Gasteiger charge is 2.23. The third kappa shape index (κ3) is 2.86. The number of hydrogen-bond donors (Lipinski definition) is 1. The third-order valence-corrected chi connectivity index (χ3v) is 4.18. The van der Waals surface area contributed by atoms with E-state index in [0.29, 0.717) is 25.0 Å². The summed E-state index contributed by atoms with van der Waals surface area (Å²) in [5.41, 5.74) is 0.948. The second-order valence-electron chi connectivity index (χ2n) is 5.98. The fourth-order valence-corrected chi connectivity index (χ4v) is 2.66. The van der Waals surface area contributed by atoms with Crippen molar-refractivity contribution in [2.45, 2.75) is 38.7 Å². The van der Waals surface area contributed by atoms with Crippen molar-refractivity contribution in [3.63, 3.8) is 0 Å². The van der Waals surface area contributed by atoms with Crippen LogP contribution >= 0.6 is 0 Å². The molecule has 2 unspecified atom stereocenters. The van der Waals surface area contributed by atoms with Crippen molar-refractivity contribution < 1.29 is 14.6 Å². The molecule has 0 saturated heterocycles. The van der Waals surface area contributed by atoms with Gasteiger partial charge in [-0.3, -0.25) is 0 Å². The lowest BCUT2D eigenvalue weighted by molar-refractivity contribution is 0.118. The zero-order valence-corrected chi connectivity index (χ0v) is 11.5. The van der Waals surface area contributed by atoms with Crippen molar-refractivity contribution in [3.05, 3.63) is 23.8 Å². The molecule has 0 radical (unpaired) electrons. The molecule has 1 N–H and O–H groups in total.